The molecule has 0 saturated heterocycles. The Kier molecular flexibility index (Phi) is 3.03. The molecule has 100 valence electrons. The van der Waals surface area contributed by atoms with Crippen LogP contribution in [0.25, 0.3) is 5.57 Å². The first-order valence-electron chi connectivity index (χ1n) is 6.11. The van der Waals surface area contributed by atoms with Crippen molar-refractivity contribution in [3.63, 3.8) is 0 Å². The van der Waals surface area contributed by atoms with Crippen LogP contribution in [-0.4, -0.2) is 9.78 Å². The number of aromatic nitrogens is 2. The molecule has 0 bridgehead atoms. The molecule has 0 saturated carbocycles. The summed E-state index contributed by atoms with van der Waals surface area (Å²) in [7, 11) is 0. The molecule has 5 heteroatoms. The van der Waals surface area contributed by atoms with E-state index in [1.807, 2.05) is 20.8 Å². The lowest BCUT2D eigenvalue weighted by Crippen LogP contribution is -2.13. The smallest absolute Gasteiger partial charge is 0.262 e. The molecule has 0 aromatic carbocycles. The first-order chi connectivity index (χ1) is 8.23. The number of rotatable bonds is 1. The maximum atomic E-state index is 13.0. The predicted octanol–water partition coefficient (Wildman–Crippen LogP) is 4.39. The minimum absolute atomic E-state index is 0.100. The summed E-state index contributed by atoms with van der Waals surface area (Å²) in [6.07, 6.45) is -2.95. The van der Waals surface area contributed by atoms with Crippen molar-refractivity contribution in [2.75, 3.05) is 0 Å². The first-order valence-corrected chi connectivity index (χ1v) is 6.11. The van der Waals surface area contributed by atoms with Crippen LogP contribution in [0.15, 0.2) is 6.58 Å². The third-order valence-electron chi connectivity index (χ3n) is 3.41. The van der Waals surface area contributed by atoms with E-state index in [2.05, 4.69) is 11.7 Å². The topological polar surface area (TPSA) is 17.8 Å². The lowest BCUT2D eigenvalue weighted by atomic mass is 9.84. The SMILES string of the molecule is C=C1CCC(C)c2c(C(F)(F)F)nn(C(C)C)c21. The molecule has 1 unspecified atom stereocenters. The predicted molar refractivity (Wildman–Crippen MR) is 64.3 cm³/mol. The lowest BCUT2D eigenvalue weighted by molar-refractivity contribution is -0.142. The van der Waals surface area contributed by atoms with E-state index in [0.29, 0.717) is 17.7 Å². The van der Waals surface area contributed by atoms with E-state index in [0.717, 1.165) is 12.0 Å². The molecule has 0 fully saturated rings. The summed E-state index contributed by atoms with van der Waals surface area (Å²) in [6, 6.07) is -0.100. The number of alkyl halides is 3. The summed E-state index contributed by atoms with van der Waals surface area (Å²) in [5.41, 5.74) is 0.947. The Hall–Kier alpha value is -1.26. The van der Waals surface area contributed by atoms with Crippen LogP contribution >= 0.6 is 0 Å². The Labute approximate surface area is 104 Å². The molecule has 0 spiro atoms. The van der Waals surface area contributed by atoms with Crippen molar-refractivity contribution in [3.8, 4) is 0 Å². The Morgan fingerprint density at radius 2 is 2.00 bits per heavy atom. The van der Waals surface area contributed by atoms with Gasteiger partial charge in [-0.2, -0.15) is 18.3 Å². The minimum Gasteiger partial charge on any atom is -0.262 e. The van der Waals surface area contributed by atoms with E-state index in [4.69, 9.17) is 0 Å². The van der Waals surface area contributed by atoms with Gasteiger partial charge in [0.05, 0.1) is 5.69 Å². The van der Waals surface area contributed by atoms with Gasteiger partial charge in [0.1, 0.15) is 0 Å². The van der Waals surface area contributed by atoms with Gasteiger partial charge in [0.2, 0.25) is 0 Å². The number of hydrogen-bond donors (Lipinski definition) is 0. The van der Waals surface area contributed by atoms with Crippen molar-refractivity contribution in [2.45, 2.75) is 51.7 Å². The average Bonchev–Trinajstić information content (AvgIpc) is 2.64. The van der Waals surface area contributed by atoms with Crippen molar-refractivity contribution < 1.29 is 13.2 Å². The van der Waals surface area contributed by atoms with Crippen LogP contribution in [0, 0.1) is 0 Å². The number of allylic oxidation sites excluding steroid dienone is 1. The Bertz CT molecular complexity index is 483. The fourth-order valence-corrected chi connectivity index (χ4v) is 2.50. The molecular weight excluding hydrogens is 241 g/mol. The Balaban J connectivity index is 2.72. The van der Waals surface area contributed by atoms with E-state index in [1.165, 1.54) is 4.68 Å². The molecule has 18 heavy (non-hydrogen) atoms. The average molecular weight is 258 g/mol. The highest BCUT2D eigenvalue weighted by molar-refractivity contribution is 5.67. The highest BCUT2D eigenvalue weighted by atomic mass is 19.4. The zero-order chi connectivity index (χ0) is 13.7. The van der Waals surface area contributed by atoms with Crippen molar-refractivity contribution in [2.24, 2.45) is 0 Å². The molecule has 2 rings (SSSR count). The third kappa shape index (κ3) is 1.95. The van der Waals surface area contributed by atoms with Gasteiger partial charge < -0.3 is 0 Å². The highest BCUT2D eigenvalue weighted by Crippen LogP contribution is 2.44. The maximum absolute atomic E-state index is 13.0. The summed E-state index contributed by atoms with van der Waals surface area (Å²) in [4.78, 5) is 0. The second kappa shape index (κ2) is 4.14. The van der Waals surface area contributed by atoms with Gasteiger partial charge in [0.25, 0.3) is 0 Å². The zero-order valence-electron chi connectivity index (χ0n) is 10.8. The molecule has 0 aliphatic heterocycles. The minimum atomic E-state index is -4.39. The van der Waals surface area contributed by atoms with Crippen LogP contribution in [0.5, 0.6) is 0 Å². The molecule has 0 radical (unpaired) electrons. The molecule has 2 nitrogen and oxygen atoms in total. The molecule has 0 N–H and O–H groups in total. The molecular formula is C13H17F3N2. The Morgan fingerprint density at radius 3 is 2.50 bits per heavy atom. The van der Waals surface area contributed by atoms with E-state index in [-0.39, 0.29) is 12.0 Å². The normalized spacial score (nSPS) is 20.4. The van der Waals surface area contributed by atoms with Gasteiger partial charge in [-0.15, -0.1) is 0 Å². The second-order valence-corrected chi connectivity index (χ2v) is 5.19. The number of halogens is 3. The number of fused-ring (bicyclic) bond motifs is 1. The summed E-state index contributed by atoms with van der Waals surface area (Å²) in [5, 5.41) is 3.79. The molecule has 1 atom stereocenters. The fourth-order valence-electron chi connectivity index (χ4n) is 2.50. The van der Waals surface area contributed by atoms with E-state index < -0.39 is 11.9 Å². The van der Waals surface area contributed by atoms with Gasteiger partial charge in [0, 0.05) is 11.6 Å². The Morgan fingerprint density at radius 1 is 1.39 bits per heavy atom. The fraction of sp³-hybridized carbons (Fsp3) is 0.615. The van der Waals surface area contributed by atoms with Gasteiger partial charge in [-0.1, -0.05) is 13.5 Å². The van der Waals surface area contributed by atoms with Crippen molar-refractivity contribution in [1.82, 2.24) is 9.78 Å². The van der Waals surface area contributed by atoms with Gasteiger partial charge in [0.15, 0.2) is 5.69 Å². The summed E-state index contributed by atoms with van der Waals surface area (Å²) >= 11 is 0. The first kappa shape index (κ1) is 13.2. The van der Waals surface area contributed by atoms with Gasteiger partial charge in [-0.3, -0.25) is 4.68 Å². The van der Waals surface area contributed by atoms with Crippen molar-refractivity contribution in [1.29, 1.82) is 0 Å². The summed E-state index contributed by atoms with van der Waals surface area (Å²) < 4.78 is 40.6. The molecule has 0 amide bonds. The van der Waals surface area contributed by atoms with Crippen molar-refractivity contribution in [3.05, 3.63) is 23.5 Å². The largest absolute Gasteiger partial charge is 0.435 e. The maximum Gasteiger partial charge on any atom is 0.435 e. The molecule has 1 aromatic heterocycles. The lowest BCUT2D eigenvalue weighted by Gasteiger charge is -2.23. The van der Waals surface area contributed by atoms with E-state index in [9.17, 15) is 13.2 Å². The zero-order valence-corrected chi connectivity index (χ0v) is 10.8. The summed E-state index contributed by atoms with van der Waals surface area (Å²) in [5.74, 6) is -0.116. The van der Waals surface area contributed by atoms with E-state index in [1.54, 1.807) is 0 Å². The van der Waals surface area contributed by atoms with Crippen LogP contribution < -0.4 is 0 Å². The van der Waals surface area contributed by atoms with Crippen LogP contribution in [0.3, 0.4) is 0 Å². The van der Waals surface area contributed by atoms with Crippen molar-refractivity contribution >= 4 is 5.57 Å². The standard InChI is InChI=1S/C13H17F3N2/c1-7(2)18-11-9(4)6-5-8(3)10(11)12(17-18)13(14,15)16/h7-8H,4-6H2,1-3H3. The highest BCUT2D eigenvalue weighted by Gasteiger charge is 2.42. The van der Waals surface area contributed by atoms with E-state index >= 15 is 0 Å². The van der Waals surface area contributed by atoms with Crippen LogP contribution in [-0.2, 0) is 6.18 Å². The molecule has 1 aliphatic rings. The quantitative estimate of drug-likeness (QED) is 0.730. The third-order valence-corrected chi connectivity index (χ3v) is 3.41. The van der Waals surface area contributed by atoms with Crippen LogP contribution in [0.4, 0.5) is 13.2 Å². The summed E-state index contributed by atoms with van der Waals surface area (Å²) in [6.45, 7) is 9.39. The number of hydrogen-bond acceptors (Lipinski definition) is 1. The second-order valence-electron chi connectivity index (χ2n) is 5.19. The molecule has 1 aromatic rings. The monoisotopic (exact) mass is 258 g/mol. The van der Waals surface area contributed by atoms with Gasteiger partial charge in [-0.25, -0.2) is 0 Å². The van der Waals surface area contributed by atoms with Gasteiger partial charge in [-0.05, 0) is 38.2 Å². The van der Waals surface area contributed by atoms with Gasteiger partial charge >= 0.3 is 6.18 Å². The number of nitrogens with zero attached hydrogens (tertiary/aromatic N) is 2. The van der Waals surface area contributed by atoms with Crippen LogP contribution in [0.2, 0.25) is 0 Å². The molecule has 1 heterocycles. The molecule has 1 aliphatic carbocycles. The van der Waals surface area contributed by atoms with Crippen LogP contribution in [0.1, 0.15) is 62.5 Å².